The van der Waals surface area contributed by atoms with Crippen molar-refractivity contribution < 1.29 is 8.94 Å². The number of aryl methyl sites for hydroxylation is 9. The highest BCUT2D eigenvalue weighted by Gasteiger charge is 2.37. The fourth-order valence-corrected chi connectivity index (χ4v) is 16.7. The van der Waals surface area contributed by atoms with Crippen LogP contribution >= 0.6 is 34.4 Å². The molecule has 0 bridgehead atoms. The number of aromatic nitrogens is 13. The van der Waals surface area contributed by atoms with Gasteiger partial charge in [-0.05, 0) is 103 Å². The molecule has 0 aliphatic heterocycles. The van der Waals surface area contributed by atoms with Crippen molar-refractivity contribution in [1.29, 1.82) is 0 Å². The normalized spacial score (nSPS) is 13.2. The summed E-state index contributed by atoms with van der Waals surface area (Å²) in [6.45, 7) is 114. The van der Waals surface area contributed by atoms with Gasteiger partial charge in [-0.1, -0.05) is 326 Å². The lowest BCUT2D eigenvalue weighted by molar-refractivity contribution is 0.380. The molecule has 0 aliphatic rings. The Bertz CT molecular complexity index is 3850. The van der Waals surface area contributed by atoms with Crippen LogP contribution in [0, 0.1) is 48.5 Å². The van der Waals surface area contributed by atoms with E-state index in [-0.39, 0.29) is 81.2 Å². The maximum Gasteiger partial charge on any atom is 0.191 e. The zero-order chi connectivity index (χ0) is 87.5. The fraction of sp³-hybridized carbons (Fsp3) is 0.761. The van der Waals surface area contributed by atoms with E-state index in [9.17, 15) is 0 Å². The summed E-state index contributed by atoms with van der Waals surface area (Å²) in [6, 6.07) is 0. The first-order valence-electron chi connectivity index (χ1n) is 40.0. The van der Waals surface area contributed by atoms with Crippen molar-refractivity contribution in [3.05, 3.63) is 122 Å². The molecule has 8 rings (SSSR count). The molecule has 0 aromatic carbocycles. The van der Waals surface area contributed by atoms with Gasteiger partial charge in [-0.15, -0.1) is 21.5 Å². The first kappa shape index (κ1) is 103. The lowest BCUT2D eigenvalue weighted by Gasteiger charge is -2.27. The standard InChI is InChI=1S/2C13H24N2.C12H21NO.2C12H21NS.C11H21N3.C10H18N2S.C9H15NO/c1-9-14-10(12(2,3)4)11(15(9)8)13(5,6)7;1-9-10(12(2,3)4)11(13(5,6)7)15(8)14-9;2*1-8-13-9(11(2,3)4)10(14-8)12(5,6)7;1-8-9(11(2,3)4)10(14-13-8)12(5,6)7;1-10(2,3)8-9(11(4,5)6)14(7)13-12-8;1-9(2,3)7-8(10(4,5)6)13-12-11-7;1-6-8(9(3,4)5)7(2)11-10-6/h2*1-8H3;4*1-7H3;1-6H3;1-5H3. The van der Waals surface area contributed by atoms with Gasteiger partial charge in [-0.3, -0.25) is 9.36 Å². The summed E-state index contributed by atoms with van der Waals surface area (Å²) in [4.78, 5) is 18.0. The van der Waals surface area contributed by atoms with E-state index < -0.39 is 0 Å². The first-order chi connectivity index (χ1) is 48.3. The van der Waals surface area contributed by atoms with Crippen molar-refractivity contribution in [2.24, 2.45) is 21.1 Å². The lowest BCUT2D eigenvalue weighted by atomic mass is 9.78. The number of nitrogens with zero attached hydrogens (tertiary/aromatic N) is 13. The SMILES string of the molecule is CC(C)(C)c1nnsc1C(C)(C)C.Cc1nc(C(C)(C)C)c(C(C)(C)C)n1C.Cc1nc(C(C)(C)C)c(C(C)(C)C)o1.Cc1nc(C(C)(C)C)c(C(C)(C)C)s1.Cc1nn(C)c(C(C)(C)C)c1C(C)(C)C.Cc1noc(C)c1C(C)(C)C.Cc1nsc(C(C)(C)C)c1C(C)(C)C.Cn1nnc(C(C)(C)C)c1C(C)(C)C. The van der Waals surface area contributed by atoms with Gasteiger partial charge in [0.1, 0.15) is 17.3 Å². The van der Waals surface area contributed by atoms with Gasteiger partial charge in [0, 0.05) is 109 Å². The Labute approximate surface area is 686 Å². The van der Waals surface area contributed by atoms with Gasteiger partial charge in [0.25, 0.3) is 0 Å². The number of rotatable bonds is 0. The van der Waals surface area contributed by atoms with Crippen LogP contribution in [0.3, 0.4) is 0 Å². The maximum absolute atomic E-state index is 5.69. The van der Waals surface area contributed by atoms with Gasteiger partial charge in [-0.2, -0.15) is 9.47 Å². The zero-order valence-corrected chi connectivity index (χ0v) is 83.8. The van der Waals surface area contributed by atoms with E-state index in [0.717, 1.165) is 51.7 Å². The monoisotopic (exact) mass is 1580 g/mol. The van der Waals surface area contributed by atoms with Gasteiger partial charge >= 0.3 is 0 Å². The number of imidazole rings is 1. The molecule has 15 nitrogen and oxygen atoms in total. The van der Waals surface area contributed by atoms with E-state index >= 15 is 0 Å². The Morgan fingerprint density at radius 2 is 0.718 bits per heavy atom. The summed E-state index contributed by atoms with van der Waals surface area (Å²) < 4.78 is 25.5. The molecule has 8 heterocycles. The van der Waals surface area contributed by atoms with E-state index in [4.69, 9.17) is 13.9 Å². The van der Waals surface area contributed by atoms with Crippen molar-refractivity contribution >= 4 is 34.4 Å². The molecule has 628 valence electrons. The number of hydrogen-bond acceptors (Lipinski definition) is 15. The molecule has 18 heteroatoms. The molecular weight excluding hydrogens is 1420 g/mol. The molecule has 0 spiro atoms. The Balaban J connectivity index is 0.000000629. The van der Waals surface area contributed by atoms with Gasteiger partial charge in [0.2, 0.25) is 0 Å². The van der Waals surface area contributed by atoms with Crippen LogP contribution in [0.5, 0.6) is 0 Å². The van der Waals surface area contributed by atoms with Crippen LogP contribution in [0.1, 0.15) is 434 Å². The molecule has 0 aliphatic carbocycles. The summed E-state index contributed by atoms with van der Waals surface area (Å²) in [5.41, 5.74) is 19.3. The Morgan fingerprint density at radius 1 is 0.309 bits per heavy atom. The molecule has 110 heavy (non-hydrogen) atoms. The molecule has 0 unspecified atom stereocenters. The highest BCUT2D eigenvalue weighted by molar-refractivity contribution is 7.11. The summed E-state index contributed by atoms with van der Waals surface area (Å²) >= 11 is 5.02. The third kappa shape index (κ3) is 29.6. The number of hydrogen-bond donors (Lipinski definition) is 0. The van der Waals surface area contributed by atoms with Crippen molar-refractivity contribution in [2.75, 3.05) is 0 Å². The zero-order valence-electron chi connectivity index (χ0n) is 81.4. The topological polar surface area (TPSA) is 170 Å². The fourth-order valence-electron chi connectivity index (χ4n) is 13.5. The Hall–Kier alpha value is -5.20. The minimum absolute atomic E-state index is 0.0316. The molecule has 0 radical (unpaired) electrons. The highest BCUT2D eigenvalue weighted by Crippen LogP contribution is 2.42. The first-order valence-corrected chi connectivity index (χ1v) is 42.3. The lowest BCUT2D eigenvalue weighted by Crippen LogP contribution is -2.24. The van der Waals surface area contributed by atoms with E-state index in [1.54, 1.807) is 11.5 Å². The second kappa shape index (κ2) is 35.9. The molecular formula is C92H165N13O2S3. The Morgan fingerprint density at radius 3 is 0.991 bits per heavy atom. The summed E-state index contributed by atoms with van der Waals surface area (Å²) in [5.74, 6) is 3.82. The van der Waals surface area contributed by atoms with Crippen LogP contribution in [0.2, 0.25) is 0 Å². The third-order valence-corrected chi connectivity index (χ3v) is 21.8. The van der Waals surface area contributed by atoms with Crippen LogP contribution in [0.15, 0.2) is 8.94 Å². The van der Waals surface area contributed by atoms with Gasteiger partial charge in [0.05, 0.1) is 61.1 Å². The second-order valence-electron chi connectivity index (χ2n) is 46.0. The van der Waals surface area contributed by atoms with Crippen LogP contribution in [-0.4, -0.2) is 63.4 Å². The Kier molecular flexibility index (Phi) is 33.6. The number of thiazole rings is 1. The van der Waals surface area contributed by atoms with Gasteiger partial charge in [-0.25, -0.2) is 15.0 Å². The van der Waals surface area contributed by atoms with E-state index in [1.165, 1.54) is 82.0 Å². The smallest absolute Gasteiger partial charge is 0.191 e. The van der Waals surface area contributed by atoms with E-state index in [2.05, 4.69) is 395 Å². The summed E-state index contributed by atoms with van der Waals surface area (Å²) in [6.07, 6.45) is 0. The number of oxazole rings is 1. The van der Waals surface area contributed by atoms with Crippen LogP contribution in [-0.2, 0) is 102 Å². The summed E-state index contributed by atoms with van der Waals surface area (Å²) in [5, 5.41) is 22.3. The molecule has 0 atom stereocenters. The van der Waals surface area contributed by atoms with Crippen LogP contribution < -0.4 is 0 Å². The minimum atomic E-state index is 0.0316. The van der Waals surface area contributed by atoms with Crippen molar-refractivity contribution in [2.45, 2.75) is 441 Å². The second-order valence-corrected chi connectivity index (χ2v) is 48.7. The predicted octanol–water partition coefficient (Wildman–Crippen LogP) is 26.5. The average molecular weight is 1580 g/mol. The van der Waals surface area contributed by atoms with E-state index in [1.807, 2.05) is 55.6 Å². The largest absolute Gasteiger partial charge is 0.445 e. The molecule has 0 saturated heterocycles. The van der Waals surface area contributed by atoms with Crippen LogP contribution in [0.4, 0.5) is 0 Å². The van der Waals surface area contributed by atoms with Gasteiger partial charge in [0.15, 0.2) is 5.89 Å². The molecule has 0 fully saturated rings. The molecule has 0 saturated carbocycles. The predicted molar refractivity (Wildman–Crippen MR) is 478 cm³/mol. The van der Waals surface area contributed by atoms with Crippen molar-refractivity contribution in [3.8, 4) is 0 Å². The van der Waals surface area contributed by atoms with Crippen LogP contribution in [0.25, 0.3) is 0 Å². The molecule has 8 aromatic heterocycles. The summed E-state index contributed by atoms with van der Waals surface area (Å²) in [7, 11) is 6.11. The molecule has 0 N–H and O–H groups in total. The van der Waals surface area contributed by atoms with Gasteiger partial charge < -0.3 is 13.5 Å². The van der Waals surface area contributed by atoms with Crippen molar-refractivity contribution in [3.63, 3.8) is 0 Å². The van der Waals surface area contributed by atoms with E-state index in [0.29, 0.717) is 0 Å². The van der Waals surface area contributed by atoms with Crippen molar-refractivity contribution in [1.82, 2.24) is 63.4 Å². The maximum atomic E-state index is 5.69. The molecule has 8 aromatic rings. The average Bonchev–Trinajstić information content (AvgIpc) is 1.63. The minimum Gasteiger partial charge on any atom is -0.445 e. The molecule has 0 amide bonds. The quantitative estimate of drug-likeness (QED) is 0.141. The highest BCUT2D eigenvalue weighted by atomic mass is 32.1. The third-order valence-electron chi connectivity index (χ3n) is 17.9.